The highest BCUT2D eigenvalue weighted by Gasteiger charge is 2.15. The average Bonchev–Trinajstić information content (AvgIpc) is 2.36. The molecule has 0 aliphatic heterocycles. The van der Waals surface area contributed by atoms with Gasteiger partial charge in [0.2, 0.25) is 0 Å². The van der Waals surface area contributed by atoms with E-state index in [9.17, 15) is 0 Å². The van der Waals surface area contributed by atoms with Crippen molar-refractivity contribution in [2.45, 2.75) is 18.7 Å². The number of rotatable bonds is 3. The lowest BCUT2D eigenvalue weighted by Gasteiger charge is -2.14. The molecule has 0 aliphatic rings. The van der Waals surface area contributed by atoms with E-state index in [1.54, 1.807) is 0 Å². The maximum absolute atomic E-state index is 6.53. The minimum Gasteiger partial charge on any atom is -0.117 e. The van der Waals surface area contributed by atoms with Gasteiger partial charge in [0, 0.05) is 14.0 Å². The Morgan fingerprint density at radius 2 is 1.79 bits per heavy atom. The maximum atomic E-state index is 6.53. The third-order valence-electron chi connectivity index (χ3n) is 2.97. The molecule has 0 amide bonds. The Bertz CT molecular complexity index is 597. The van der Waals surface area contributed by atoms with Gasteiger partial charge in [-0.15, -0.1) is 11.6 Å². The zero-order chi connectivity index (χ0) is 14.0. The Morgan fingerprint density at radius 3 is 2.47 bits per heavy atom. The van der Waals surface area contributed by atoms with Crippen LogP contribution in [0.4, 0.5) is 0 Å². The molecule has 4 heteroatoms. The first-order chi connectivity index (χ1) is 8.99. The summed E-state index contributed by atoms with van der Waals surface area (Å²) in [6.45, 7) is 2.05. The number of alkyl halides is 1. The minimum atomic E-state index is -0.119. The number of hydrogen-bond acceptors (Lipinski definition) is 0. The van der Waals surface area contributed by atoms with Crippen LogP contribution in [0, 0.1) is 6.92 Å². The third-order valence-corrected chi connectivity index (χ3v) is 5.27. The van der Waals surface area contributed by atoms with Gasteiger partial charge in [-0.3, -0.25) is 0 Å². The van der Waals surface area contributed by atoms with Gasteiger partial charge in [-0.25, -0.2) is 0 Å². The monoisotopic (exact) mass is 420 g/mol. The molecule has 0 aromatic heterocycles. The summed E-state index contributed by atoms with van der Waals surface area (Å²) in [5, 5.41) is 0.640. The molecule has 0 saturated heterocycles. The predicted molar refractivity (Wildman–Crippen MR) is 90.3 cm³/mol. The molecule has 0 spiro atoms. The first-order valence-electron chi connectivity index (χ1n) is 5.82. The highest BCUT2D eigenvalue weighted by atomic mass is 79.9. The van der Waals surface area contributed by atoms with E-state index in [4.69, 9.17) is 23.2 Å². The van der Waals surface area contributed by atoms with Crippen LogP contribution < -0.4 is 0 Å². The summed E-state index contributed by atoms with van der Waals surface area (Å²) in [7, 11) is 0. The van der Waals surface area contributed by atoms with Crippen LogP contribution >= 0.6 is 55.1 Å². The Balaban J connectivity index is 2.28. The standard InChI is InChI=1S/C15H12Br2Cl2/c1-9-6-13(17)11(8-12(9)16)15(19)7-10-4-2-3-5-14(10)18/h2-6,8,15H,7H2,1H3. The summed E-state index contributed by atoms with van der Waals surface area (Å²) in [6.07, 6.45) is 0.704. The molecule has 0 fully saturated rings. The lowest BCUT2D eigenvalue weighted by Crippen LogP contribution is -1.98. The highest BCUT2D eigenvalue weighted by molar-refractivity contribution is 9.11. The van der Waals surface area contributed by atoms with E-state index >= 15 is 0 Å². The van der Waals surface area contributed by atoms with Crippen molar-refractivity contribution < 1.29 is 0 Å². The summed E-state index contributed by atoms with van der Waals surface area (Å²) in [6, 6.07) is 11.9. The van der Waals surface area contributed by atoms with Gasteiger partial charge in [0.15, 0.2) is 0 Å². The molecule has 0 bridgehead atoms. The van der Waals surface area contributed by atoms with E-state index in [0.717, 1.165) is 25.1 Å². The van der Waals surface area contributed by atoms with Gasteiger partial charge in [-0.2, -0.15) is 0 Å². The van der Waals surface area contributed by atoms with Crippen LogP contribution in [-0.4, -0.2) is 0 Å². The summed E-state index contributed by atoms with van der Waals surface area (Å²) in [5.74, 6) is 0. The Morgan fingerprint density at radius 1 is 1.11 bits per heavy atom. The van der Waals surface area contributed by atoms with E-state index in [0.29, 0.717) is 6.42 Å². The highest BCUT2D eigenvalue weighted by Crippen LogP contribution is 2.35. The van der Waals surface area contributed by atoms with Crippen LogP contribution in [0.2, 0.25) is 5.02 Å². The Labute approximate surface area is 140 Å². The molecule has 19 heavy (non-hydrogen) atoms. The molecule has 0 nitrogen and oxygen atoms in total. The van der Waals surface area contributed by atoms with Gasteiger partial charge in [0.1, 0.15) is 0 Å². The average molecular weight is 423 g/mol. The van der Waals surface area contributed by atoms with Crippen molar-refractivity contribution in [3.63, 3.8) is 0 Å². The van der Waals surface area contributed by atoms with Crippen LogP contribution in [0.3, 0.4) is 0 Å². The van der Waals surface area contributed by atoms with E-state index in [-0.39, 0.29) is 5.38 Å². The summed E-state index contributed by atoms with van der Waals surface area (Å²) in [5.41, 5.74) is 3.31. The fourth-order valence-electron chi connectivity index (χ4n) is 1.87. The van der Waals surface area contributed by atoms with Gasteiger partial charge in [0.25, 0.3) is 0 Å². The van der Waals surface area contributed by atoms with Crippen LogP contribution in [-0.2, 0) is 6.42 Å². The summed E-state index contributed by atoms with van der Waals surface area (Å²) in [4.78, 5) is 0. The first kappa shape index (κ1) is 15.4. The number of benzene rings is 2. The fraction of sp³-hybridized carbons (Fsp3) is 0.200. The predicted octanol–water partition coefficient (Wildman–Crippen LogP) is 6.70. The van der Waals surface area contributed by atoms with E-state index < -0.39 is 0 Å². The van der Waals surface area contributed by atoms with Crippen LogP contribution in [0.25, 0.3) is 0 Å². The molecule has 2 aromatic rings. The largest absolute Gasteiger partial charge is 0.117 e. The van der Waals surface area contributed by atoms with E-state index in [2.05, 4.69) is 50.9 Å². The molecular formula is C15H12Br2Cl2. The van der Waals surface area contributed by atoms with Crippen molar-refractivity contribution in [1.82, 2.24) is 0 Å². The topological polar surface area (TPSA) is 0 Å². The molecule has 1 atom stereocenters. The summed E-state index contributed by atoms with van der Waals surface area (Å²) < 4.78 is 2.09. The van der Waals surface area contributed by atoms with Crippen LogP contribution in [0.1, 0.15) is 22.1 Å². The molecule has 2 aromatic carbocycles. The molecule has 2 rings (SSSR count). The Kier molecular flexibility index (Phi) is 5.36. The van der Waals surface area contributed by atoms with Crippen molar-refractivity contribution in [1.29, 1.82) is 0 Å². The van der Waals surface area contributed by atoms with Crippen LogP contribution in [0.15, 0.2) is 45.3 Å². The van der Waals surface area contributed by atoms with Crippen LogP contribution in [0.5, 0.6) is 0 Å². The zero-order valence-electron chi connectivity index (χ0n) is 10.3. The number of aryl methyl sites for hydroxylation is 1. The lowest BCUT2D eigenvalue weighted by molar-refractivity contribution is 0.912. The van der Waals surface area contributed by atoms with Crippen molar-refractivity contribution in [2.24, 2.45) is 0 Å². The van der Waals surface area contributed by atoms with Gasteiger partial charge in [-0.05, 0) is 48.2 Å². The van der Waals surface area contributed by atoms with Gasteiger partial charge < -0.3 is 0 Å². The second-order valence-electron chi connectivity index (χ2n) is 4.39. The molecule has 0 saturated carbocycles. The minimum absolute atomic E-state index is 0.119. The third kappa shape index (κ3) is 3.75. The molecule has 0 heterocycles. The van der Waals surface area contributed by atoms with Crippen molar-refractivity contribution in [3.05, 3.63) is 67.1 Å². The smallest absolute Gasteiger partial charge is 0.0637 e. The number of hydrogen-bond donors (Lipinski definition) is 0. The second kappa shape index (κ2) is 6.62. The first-order valence-corrected chi connectivity index (χ1v) is 8.22. The van der Waals surface area contributed by atoms with Crippen molar-refractivity contribution >= 4 is 55.1 Å². The van der Waals surface area contributed by atoms with E-state index in [1.807, 2.05) is 24.3 Å². The van der Waals surface area contributed by atoms with Crippen molar-refractivity contribution in [2.75, 3.05) is 0 Å². The molecule has 0 radical (unpaired) electrons. The fourth-order valence-corrected chi connectivity index (χ4v) is 3.66. The van der Waals surface area contributed by atoms with Gasteiger partial charge in [-0.1, -0.05) is 61.7 Å². The molecule has 0 N–H and O–H groups in total. The normalized spacial score (nSPS) is 12.5. The maximum Gasteiger partial charge on any atom is 0.0637 e. The van der Waals surface area contributed by atoms with Gasteiger partial charge >= 0.3 is 0 Å². The van der Waals surface area contributed by atoms with Gasteiger partial charge in [0.05, 0.1) is 5.38 Å². The molecule has 0 aliphatic carbocycles. The molecule has 100 valence electrons. The molecule has 1 unspecified atom stereocenters. The van der Waals surface area contributed by atoms with E-state index in [1.165, 1.54) is 5.56 Å². The SMILES string of the molecule is Cc1cc(Br)c(C(Cl)Cc2ccccc2Cl)cc1Br. The quantitative estimate of drug-likeness (QED) is 0.483. The number of halogens is 4. The molecular weight excluding hydrogens is 411 g/mol. The zero-order valence-corrected chi connectivity index (χ0v) is 14.9. The summed E-state index contributed by atoms with van der Waals surface area (Å²) >= 11 is 19.8. The van der Waals surface area contributed by atoms with Crippen molar-refractivity contribution in [3.8, 4) is 0 Å². The lowest BCUT2D eigenvalue weighted by atomic mass is 10.0. The second-order valence-corrected chi connectivity index (χ2v) is 7.03. The Hall–Kier alpha value is -0.0200.